The van der Waals surface area contributed by atoms with Crippen LogP contribution in [0.3, 0.4) is 0 Å². The first-order valence-electron chi connectivity index (χ1n) is 9.58. The Bertz CT molecular complexity index is 1140. The van der Waals surface area contributed by atoms with Gasteiger partial charge in [0.25, 0.3) is 15.9 Å². The highest BCUT2D eigenvalue weighted by atomic mass is 79.9. The Morgan fingerprint density at radius 2 is 1.87 bits per heavy atom. The van der Waals surface area contributed by atoms with Crippen LogP contribution in [0.5, 0.6) is 0 Å². The van der Waals surface area contributed by atoms with Crippen LogP contribution >= 0.6 is 15.9 Å². The lowest BCUT2D eigenvalue weighted by Crippen LogP contribution is -2.47. The molecule has 1 N–H and O–H groups in total. The number of carbonyl (C=O) groups is 3. The van der Waals surface area contributed by atoms with E-state index < -0.39 is 27.9 Å². The number of likely N-dealkylation sites (N-methyl/N-ethyl adjacent to an activating group) is 1. The van der Waals surface area contributed by atoms with E-state index in [0.717, 1.165) is 14.3 Å². The monoisotopic (exact) mass is 507 g/mol. The Morgan fingerprint density at radius 3 is 2.52 bits per heavy atom. The van der Waals surface area contributed by atoms with Crippen molar-refractivity contribution in [2.24, 2.45) is 0 Å². The second-order valence-electron chi connectivity index (χ2n) is 7.07. The molecule has 0 spiro atoms. The number of carbonyl (C=O) groups excluding carboxylic acids is 3. The van der Waals surface area contributed by atoms with Gasteiger partial charge in [0.15, 0.2) is 0 Å². The van der Waals surface area contributed by atoms with Gasteiger partial charge < -0.3 is 10.2 Å². The maximum Gasteiger partial charge on any atom is 0.269 e. The van der Waals surface area contributed by atoms with E-state index in [1.54, 1.807) is 19.1 Å². The molecule has 2 aromatic carbocycles. The zero-order chi connectivity index (χ0) is 22.8. The summed E-state index contributed by atoms with van der Waals surface area (Å²) in [6.45, 7) is 1.46. The number of hydrogen-bond acceptors (Lipinski definition) is 5. The Morgan fingerprint density at radius 1 is 1.16 bits per heavy atom. The number of hydrogen-bond donors (Lipinski definition) is 1. The predicted molar refractivity (Wildman–Crippen MR) is 118 cm³/mol. The van der Waals surface area contributed by atoms with Gasteiger partial charge in [0, 0.05) is 31.0 Å². The molecule has 0 radical (unpaired) electrons. The molecule has 31 heavy (non-hydrogen) atoms. The third-order valence-corrected chi connectivity index (χ3v) is 7.43. The van der Waals surface area contributed by atoms with Crippen molar-refractivity contribution in [1.82, 2.24) is 14.5 Å². The van der Waals surface area contributed by atoms with Gasteiger partial charge in [-0.2, -0.15) is 0 Å². The predicted octanol–water partition coefficient (Wildman–Crippen LogP) is 2.15. The van der Waals surface area contributed by atoms with Crippen molar-refractivity contribution in [1.29, 1.82) is 0 Å². The lowest BCUT2D eigenvalue weighted by Gasteiger charge is -2.29. The average molecular weight is 508 g/mol. The molecule has 0 fully saturated rings. The Labute approximate surface area is 189 Å². The molecule has 1 aliphatic rings. The maximum atomic E-state index is 13.0. The fourth-order valence-corrected chi connectivity index (χ4v) is 5.43. The molecule has 2 aromatic rings. The number of nitrogens with one attached hydrogen (secondary N) is 1. The summed E-state index contributed by atoms with van der Waals surface area (Å²) in [6, 6.07) is 12.5. The van der Waals surface area contributed by atoms with E-state index in [0.29, 0.717) is 0 Å². The summed E-state index contributed by atoms with van der Waals surface area (Å²) in [4.78, 5) is 39.1. The van der Waals surface area contributed by atoms with Crippen LogP contribution in [-0.4, -0.2) is 55.0 Å². The second kappa shape index (κ2) is 9.19. The van der Waals surface area contributed by atoms with Gasteiger partial charge in [-0.05, 0) is 36.8 Å². The first kappa shape index (κ1) is 23.0. The lowest BCUT2D eigenvalue weighted by atomic mass is 10.1. The van der Waals surface area contributed by atoms with E-state index in [1.807, 2.05) is 24.3 Å². The molecule has 164 valence electrons. The van der Waals surface area contributed by atoms with Crippen molar-refractivity contribution in [2.45, 2.75) is 30.8 Å². The third-order valence-electron chi connectivity index (χ3n) is 5.10. The number of sulfonamides is 1. The molecular weight excluding hydrogens is 486 g/mol. The molecule has 3 rings (SSSR count). The topological polar surface area (TPSA) is 104 Å². The van der Waals surface area contributed by atoms with Crippen molar-refractivity contribution in [3.05, 3.63) is 64.1 Å². The number of amides is 3. The molecule has 0 aliphatic carbocycles. The van der Waals surface area contributed by atoms with Gasteiger partial charge in [0.2, 0.25) is 11.8 Å². The van der Waals surface area contributed by atoms with Gasteiger partial charge >= 0.3 is 0 Å². The van der Waals surface area contributed by atoms with E-state index in [9.17, 15) is 22.8 Å². The van der Waals surface area contributed by atoms with Crippen LogP contribution in [0.2, 0.25) is 0 Å². The van der Waals surface area contributed by atoms with Crippen molar-refractivity contribution >= 4 is 43.7 Å². The van der Waals surface area contributed by atoms with Crippen molar-refractivity contribution < 1.29 is 22.8 Å². The molecule has 1 unspecified atom stereocenters. The molecule has 1 heterocycles. The van der Waals surface area contributed by atoms with Crippen molar-refractivity contribution in [3.63, 3.8) is 0 Å². The molecule has 10 heteroatoms. The van der Waals surface area contributed by atoms with E-state index in [1.165, 1.54) is 24.1 Å². The molecule has 0 saturated carbocycles. The summed E-state index contributed by atoms with van der Waals surface area (Å²) >= 11 is 3.38. The Kier molecular flexibility index (Phi) is 6.80. The fraction of sp³-hybridized carbons (Fsp3) is 0.286. The highest BCUT2D eigenvalue weighted by Crippen LogP contribution is 2.30. The van der Waals surface area contributed by atoms with Gasteiger partial charge in [-0.1, -0.05) is 40.2 Å². The van der Waals surface area contributed by atoms with Crippen molar-refractivity contribution in [3.8, 4) is 0 Å². The summed E-state index contributed by atoms with van der Waals surface area (Å²) in [7, 11) is -2.52. The molecule has 3 amide bonds. The van der Waals surface area contributed by atoms with E-state index in [4.69, 9.17) is 0 Å². The minimum Gasteiger partial charge on any atom is -0.357 e. The first-order valence-corrected chi connectivity index (χ1v) is 11.8. The van der Waals surface area contributed by atoms with E-state index in [2.05, 4.69) is 21.2 Å². The van der Waals surface area contributed by atoms with Gasteiger partial charge in [0.05, 0.1) is 5.56 Å². The average Bonchev–Trinajstić information content (AvgIpc) is 2.95. The normalized spacial score (nSPS) is 15.3. The van der Waals surface area contributed by atoms with Gasteiger partial charge in [-0.3, -0.25) is 14.4 Å². The highest BCUT2D eigenvalue weighted by molar-refractivity contribution is 9.10. The van der Waals surface area contributed by atoms with Crippen LogP contribution in [0.4, 0.5) is 0 Å². The number of rotatable bonds is 7. The highest BCUT2D eigenvalue weighted by Gasteiger charge is 2.41. The van der Waals surface area contributed by atoms with Crippen LogP contribution in [0.1, 0.15) is 29.3 Å². The zero-order valence-electron chi connectivity index (χ0n) is 17.0. The van der Waals surface area contributed by atoms with Gasteiger partial charge in [-0.25, -0.2) is 12.7 Å². The van der Waals surface area contributed by atoms with Crippen molar-refractivity contribution in [2.75, 3.05) is 13.6 Å². The Hall–Kier alpha value is -2.72. The largest absolute Gasteiger partial charge is 0.357 e. The quantitative estimate of drug-likeness (QED) is 0.618. The number of fused-ring (bicyclic) bond motifs is 1. The standard InChI is InChI=1S/C21H22BrN3O5S/c1-14(20(27)23-2)24(13-15-6-5-7-16(22)12-15)19(26)10-11-25-21(28)17-8-3-4-9-18(17)31(25,29)30/h3-9,12,14H,10-11,13H2,1-2H3,(H,23,27). The second-order valence-corrected chi connectivity index (χ2v) is 9.82. The smallest absolute Gasteiger partial charge is 0.269 e. The van der Waals surface area contributed by atoms with Gasteiger partial charge in [0.1, 0.15) is 10.9 Å². The van der Waals surface area contributed by atoms with E-state index >= 15 is 0 Å². The minimum absolute atomic E-state index is 0.0582. The van der Waals surface area contributed by atoms with E-state index in [-0.39, 0.29) is 35.9 Å². The molecule has 1 aliphatic heterocycles. The molecule has 1 atom stereocenters. The number of benzene rings is 2. The Balaban J connectivity index is 1.79. The summed E-state index contributed by atoms with van der Waals surface area (Å²) in [5.74, 6) is -1.43. The maximum absolute atomic E-state index is 13.0. The molecule has 0 saturated heterocycles. The summed E-state index contributed by atoms with van der Waals surface area (Å²) in [5.41, 5.74) is 0.899. The minimum atomic E-state index is -4.00. The zero-order valence-corrected chi connectivity index (χ0v) is 19.4. The third kappa shape index (κ3) is 4.64. The summed E-state index contributed by atoms with van der Waals surface area (Å²) in [5, 5.41) is 2.52. The first-order chi connectivity index (χ1) is 14.7. The molecule has 8 nitrogen and oxygen atoms in total. The number of halogens is 1. The van der Waals surface area contributed by atoms with Crippen LogP contribution < -0.4 is 5.32 Å². The SMILES string of the molecule is CNC(=O)C(C)N(Cc1cccc(Br)c1)C(=O)CCN1C(=O)c2ccccc2S1(=O)=O. The number of nitrogens with zero attached hydrogens (tertiary/aromatic N) is 2. The van der Waals surface area contributed by atoms with Crippen LogP contribution in [0.25, 0.3) is 0 Å². The fourth-order valence-electron chi connectivity index (χ4n) is 3.42. The summed E-state index contributed by atoms with van der Waals surface area (Å²) < 4.78 is 27.0. The van der Waals surface area contributed by atoms with Crippen LogP contribution in [0, 0.1) is 0 Å². The lowest BCUT2D eigenvalue weighted by molar-refractivity contribution is -0.140. The summed E-state index contributed by atoms with van der Waals surface area (Å²) in [6.07, 6.45) is -0.242. The molecule has 0 bridgehead atoms. The van der Waals surface area contributed by atoms with Crippen LogP contribution in [-0.2, 0) is 26.2 Å². The van der Waals surface area contributed by atoms with Gasteiger partial charge in [-0.15, -0.1) is 0 Å². The molecule has 0 aromatic heterocycles. The van der Waals surface area contributed by atoms with Crippen LogP contribution in [0.15, 0.2) is 57.9 Å². The molecular formula is C21H22BrN3O5S.